The number of anilines is 2. The standard InChI is InChI=1S/C26H35N7S/c27-21-8-11-31(17-21)16-19-6-12-32(13-7-19)24-23-22(20-4-2-1-3-5-20)18-34-25(23)30-26(29-24)33-14-9-28-10-15-33/h1-5,18-19,21,28H,6-17,27H2. The van der Waals surface area contributed by atoms with Gasteiger partial charge in [0.15, 0.2) is 0 Å². The summed E-state index contributed by atoms with van der Waals surface area (Å²) in [7, 11) is 0. The molecular weight excluding hydrogens is 442 g/mol. The van der Waals surface area contributed by atoms with E-state index in [1.54, 1.807) is 11.3 Å². The maximum absolute atomic E-state index is 6.14. The third-order valence-corrected chi connectivity index (χ3v) is 8.50. The normalized spacial score (nSPS) is 22.7. The lowest BCUT2D eigenvalue weighted by Crippen LogP contribution is -2.44. The second-order valence-electron chi connectivity index (χ2n) is 10.0. The minimum atomic E-state index is 0.368. The number of nitrogens with zero attached hydrogens (tertiary/aromatic N) is 5. The molecule has 6 rings (SSSR count). The fourth-order valence-electron chi connectivity index (χ4n) is 5.70. The fourth-order valence-corrected chi connectivity index (χ4v) is 6.64. The van der Waals surface area contributed by atoms with Gasteiger partial charge in [-0.3, -0.25) is 0 Å². The number of nitrogens with two attached hydrogens (primary N) is 1. The van der Waals surface area contributed by atoms with Crippen LogP contribution in [0.3, 0.4) is 0 Å². The van der Waals surface area contributed by atoms with Gasteiger partial charge in [-0.2, -0.15) is 4.98 Å². The van der Waals surface area contributed by atoms with Gasteiger partial charge < -0.3 is 25.8 Å². The smallest absolute Gasteiger partial charge is 0.228 e. The Morgan fingerprint density at radius 2 is 1.74 bits per heavy atom. The van der Waals surface area contributed by atoms with E-state index in [1.165, 1.54) is 35.9 Å². The molecule has 0 radical (unpaired) electrons. The van der Waals surface area contributed by atoms with Crippen LogP contribution in [0.2, 0.25) is 0 Å². The molecule has 3 aromatic rings. The van der Waals surface area contributed by atoms with Crippen molar-refractivity contribution in [2.24, 2.45) is 11.7 Å². The maximum Gasteiger partial charge on any atom is 0.228 e. The SMILES string of the molecule is NC1CCN(CC2CCN(c3nc(N4CCNCC4)nc4scc(-c5ccccc5)c34)CC2)C1. The van der Waals surface area contributed by atoms with Gasteiger partial charge in [-0.05, 0) is 37.3 Å². The van der Waals surface area contributed by atoms with Gasteiger partial charge >= 0.3 is 0 Å². The molecule has 1 aromatic carbocycles. The Morgan fingerprint density at radius 1 is 0.941 bits per heavy atom. The summed E-state index contributed by atoms with van der Waals surface area (Å²) < 4.78 is 0. The number of hydrogen-bond acceptors (Lipinski definition) is 8. The van der Waals surface area contributed by atoms with Crippen molar-refractivity contribution < 1.29 is 0 Å². The fraction of sp³-hybridized carbons (Fsp3) is 0.538. The average molecular weight is 478 g/mol. The number of hydrogen-bond donors (Lipinski definition) is 2. The van der Waals surface area contributed by atoms with Crippen LogP contribution in [0.25, 0.3) is 21.3 Å². The molecule has 3 aliphatic rings. The number of benzene rings is 1. The first-order valence-corrected chi connectivity index (χ1v) is 13.7. The summed E-state index contributed by atoms with van der Waals surface area (Å²) >= 11 is 1.75. The summed E-state index contributed by atoms with van der Waals surface area (Å²) in [6.07, 6.45) is 3.57. The Kier molecular flexibility index (Phi) is 6.39. The Balaban J connectivity index is 1.30. The molecule has 0 saturated carbocycles. The molecule has 5 heterocycles. The zero-order valence-corrected chi connectivity index (χ0v) is 20.6. The summed E-state index contributed by atoms with van der Waals surface area (Å²) in [6, 6.07) is 11.1. The number of aromatic nitrogens is 2. The van der Waals surface area contributed by atoms with Crippen molar-refractivity contribution in [3.05, 3.63) is 35.7 Å². The van der Waals surface area contributed by atoms with Crippen molar-refractivity contribution in [3.63, 3.8) is 0 Å². The lowest BCUT2D eigenvalue weighted by Gasteiger charge is -2.35. The Hall–Kier alpha value is -2.26. The molecule has 3 saturated heterocycles. The first-order chi connectivity index (χ1) is 16.7. The molecule has 3 aliphatic heterocycles. The molecule has 0 spiro atoms. The first-order valence-electron chi connectivity index (χ1n) is 12.8. The Labute approximate surface area is 206 Å². The lowest BCUT2D eigenvalue weighted by molar-refractivity contribution is 0.247. The number of rotatable bonds is 5. The number of thiophene rings is 1. The quantitative estimate of drug-likeness (QED) is 0.585. The first kappa shape index (κ1) is 22.2. The molecule has 1 atom stereocenters. The van der Waals surface area contributed by atoms with Crippen molar-refractivity contribution in [2.45, 2.75) is 25.3 Å². The number of piperazine rings is 1. The van der Waals surface area contributed by atoms with Crippen molar-refractivity contribution in [2.75, 3.05) is 68.7 Å². The molecular formula is C26H35N7S. The van der Waals surface area contributed by atoms with Gasteiger partial charge in [-0.25, -0.2) is 4.98 Å². The van der Waals surface area contributed by atoms with Gasteiger partial charge in [0.1, 0.15) is 10.6 Å². The van der Waals surface area contributed by atoms with Crippen LogP contribution < -0.4 is 20.9 Å². The third kappa shape index (κ3) is 4.52. The summed E-state index contributed by atoms with van der Waals surface area (Å²) in [5.41, 5.74) is 8.64. The van der Waals surface area contributed by atoms with Gasteiger partial charge in [0.05, 0.1) is 5.39 Å². The maximum atomic E-state index is 6.14. The molecule has 2 aromatic heterocycles. The molecule has 0 bridgehead atoms. The molecule has 0 aliphatic carbocycles. The third-order valence-electron chi connectivity index (χ3n) is 7.63. The topological polar surface area (TPSA) is 73.6 Å². The number of piperidine rings is 1. The second kappa shape index (κ2) is 9.77. The van der Waals surface area contributed by atoms with E-state index in [9.17, 15) is 0 Å². The Bertz CT molecular complexity index is 1100. The largest absolute Gasteiger partial charge is 0.356 e. The molecule has 8 heteroatoms. The van der Waals surface area contributed by atoms with Crippen LogP contribution in [0.15, 0.2) is 35.7 Å². The monoisotopic (exact) mass is 477 g/mol. The van der Waals surface area contributed by atoms with Gasteiger partial charge in [-0.15, -0.1) is 11.3 Å². The van der Waals surface area contributed by atoms with Gasteiger partial charge in [0, 0.05) is 69.3 Å². The highest BCUT2D eigenvalue weighted by Crippen LogP contribution is 2.40. The molecule has 0 amide bonds. The molecule has 7 nitrogen and oxygen atoms in total. The molecule has 1 unspecified atom stereocenters. The predicted molar refractivity (Wildman–Crippen MR) is 142 cm³/mol. The molecule has 180 valence electrons. The number of likely N-dealkylation sites (tertiary alicyclic amines) is 1. The van der Waals surface area contributed by atoms with Crippen LogP contribution >= 0.6 is 11.3 Å². The van der Waals surface area contributed by atoms with Crippen LogP contribution in [0.4, 0.5) is 11.8 Å². The Morgan fingerprint density at radius 3 is 2.47 bits per heavy atom. The van der Waals surface area contributed by atoms with E-state index in [2.05, 4.69) is 55.7 Å². The summed E-state index contributed by atoms with van der Waals surface area (Å²) in [6.45, 7) is 9.44. The van der Waals surface area contributed by atoms with E-state index >= 15 is 0 Å². The van der Waals surface area contributed by atoms with Crippen molar-refractivity contribution >= 4 is 33.3 Å². The van der Waals surface area contributed by atoms with Crippen molar-refractivity contribution in [1.29, 1.82) is 0 Å². The zero-order valence-electron chi connectivity index (χ0n) is 19.8. The number of fused-ring (bicyclic) bond motifs is 1. The van der Waals surface area contributed by atoms with E-state index in [0.717, 1.165) is 81.3 Å². The second-order valence-corrected chi connectivity index (χ2v) is 10.9. The summed E-state index contributed by atoms with van der Waals surface area (Å²) in [4.78, 5) is 18.8. The highest BCUT2D eigenvalue weighted by atomic mass is 32.1. The minimum Gasteiger partial charge on any atom is -0.356 e. The summed E-state index contributed by atoms with van der Waals surface area (Å²) in [5, 5.41) is 6.93. The molecule has 34 heavy (non-hydrogen) atoms. The molecule has 3 fully saturated rings. The number of nitrogens with one attached hydrogen (secondary N) is 1. The summed E-state index contributed by atoms with van der Waals surface area (Å²) in [5.74, 6) is 2.77. The predicted octanol–water partition coefficient (Wildman–Crippen LogP) is 3.02. The van der Waals surface area contributed by atoms with Crippen LogP contribution in [0.5, 0.6) is 0 Å². The van der Waals surface area contributed by atoms with E-state index < -0.39 is 0 Å². The minimum absolute atomic E-state index is 0.368. The molecule has 3 N–H and O–H groups in total. The van der Waals surface area contributed by atoms with Gasteiger partial charge in [-0.1, -0.05) is 30.3 Å². The average Bonchev–Trinajstić information content (AvgIpc) is 3.51. The van der Waals surface area contributed by atoms with Gasteiger partial charge in [0.2, 0.25) is 5.95 Å². The van der Waals surface area contributed by atoms with E-state index in [1.807, 2.05) is 0 Å². The van der Waals surface area contributed by atoms with E-state index in [4.69, 9.17) is 15.7 Å². The van der Waals surface area contributed by atoms with Crippen LogP contribution in [0, 0.1) is 5.92 Å². The highest BCUT2D eigenvalue weighted by molar-refractivity contribution is 7.17. The van der Waals surface area contributed by atoms with Crippen LogP contribution in [-0.2, 0) is 0 Å². The highest BCUT2D eigenvalue weighted by Gasteiger charge is 2.28. The van der Waals surface area contributed by atoms with E-state index in [0.29, 0.717) is 6.04 Å². The lowest BCUT2D eigenvalue weighted by atomic mass is 9.96. The van der Waals surface area contributed by atoms with Crippen LogP contribution in [-0.4, -0.2) is 79.8 Å². The van der Waals surface area contributed by atoms with Crippen molar-refractivity contribution in [3.8, 4) is 11.1 Å². The van der Waals surface area contributed by atoms with Crippen molar-refractivity contribution in [1.82, 2.24) is 20.2 Å². The zero-order chi connectivity index (χ0) is 22.9. The van der Waals surface area contributed by atoms with Gasteiger partial charge in [0.25, 0.3) is 0 Å². The van der Waals surface area contributed by atoms with E-state index in [-0.39, 0.29) is 0 Å². The van der Waals surface area contributed by atoms with Crippen LogP contribution in [0.1, 0.15) is 19.3 Å².